The monoisotopic (exact) mass is 1080 g/mol. The highest BCUT2D eigenvalue weighted by Crippen LogP contribution is 2.61. The lowest BCUT2D eigenvalue weighted by atomic mass is 9.87. The SMILES string of the molecule is CCCCCCCCCCCCCCCCCCCCC(=O)SCCNC(=O)CCNC(=O)[C@H](O)C(C)(C)COP(=O)(O)OP(=O)(O)OC[C@H]1O[C@@H](n2cnc3c(N)ncnc32)C(O)[C@H]1OP(=O)(O)O. The number of amides is 2. The number of unbranched alkanes of at least 4 members (excludes halogenated alkanes) is 17. The topological polar surface area (TPSA) is 364 Å². The Labute approximate surface area is 414 Å². The predicted molar refractivity (Wildman–Crippen MR) is 260 cm³/mol. The van der Waals surface area contributed by atoms with Crippen molar-refractivity contribution in [3.05, 3.63) is 12.7 Å². The van der Waals surface area contributed by atoms with Crippen LogP contribution in [0.25, 0.3) is 11.2 Å². The van der Waals surface area contributed by atoms with E-state index in [0.717, 1.165) is 48.2 Å². The van der Waals surface area contributed by atoms with Gasteiger partial charge in [-0.25, -0.2) is 28.6 Å². The predicted octanol–water partition coefficient (Wildman–Crippen LogP) is 6.10. The van der Waals surface area contributed by atoms with Crippen molar-refractivity contribution < 1.29 is 80.5 Å². The fraction of sp³-hybridized carbons (Fsp3) is 0.810. The Kier molecular flexibility index (Phi) is 27.7. The first-order valence-corrected chi connectivity index (χ1v) is 29.6. The van der Waals surface area contributed by atoms with Gasteiger partial charge in [0.1, 0.15) is 36.3 Å². The normalized spacial score (nSPS) is 19.7. The molecule has 0 saturated carbocycles. The number of hydrogen-bond acceptors (Lipinski definition) is 18. The van der Waals surface area contributed by atoms with Crippen LogP contribution in [0.4, 0.5) is 5.82 Å². The average Bonchev–Trinajstić information content (AvgIpc) is 3.85. The van der Waals surface area contributed by atoms with Crippen LogP contribution in [0.3, 0.4) is 0 Å². The zero-order chi connectivity index (χ0) is 51.8. The number of anilines is 1. The van der Waals surface area contributed by atoms with Gasteiger partial charge in [0.2, 0.25) is 11.8 Å². The van der Waals surface area contributed by atoms with Crippen molar-refractivity contribution in [1.29, 1.82) is 0 Å². The van der Waals surface area contributed by atoms with Gasteiger partial charge in [0.05, 0.1) is 19.5 Å². The minimum Gasteiger partial charge on any atom is -0.386 e. The molecule has 3 rings (SSSR count). The summed E-state index contributed by atoms with van der Waals surface area (Å²) in [7, 11) is -16.4. The highest BCUT2D eigenvalue weighted by Gasteiger charge is 2.50. The lowest BCUT2D eigenvalue weighted by Gasteiger charge is -2.30. The number of nitrogens with zero attached hydrogens (tertiary/aromatic N) is 4. The molecule has 0 bridgehead atoms. The molecular weight excluding hydrogens is 999 g/mol. The summed E-state index contributed by atoms with van der Waals surface area (Å²) in [5.74, 6) is -1.01. The van der Waals surface area contributed by atoms with E-state index in [2.05, 4.69) is 41.3 Å². The lowest BCUT2D eigenvalue weighted by Crippen LogP contribution is -2.46. The molecule has 24 nitrogen and oxygen atoms in total. The second-order valence-electron chi connectivity index (χ2n) is 18.1. The number of nitrogens with two attached hydrogens (primary N) is 1. The van der Waals surface area contributed by atoms with Crippen molar-refractivity contribution in [1.82, 2.24) is 30.2 Å². The zero-order valence-electron chi connectivity index (χ0n) is 40.5. The second kappa shape index (κ2) is 31.3. The quantitative estimate of drug-likeness (QED) is 0.0271. The van der Waals surface area contributed by atoms with Gasteiger partial charge in [-0.05, 0) is 6.42 Å². The molecule has 2 aromatic rings. The molecule has 1 aliphatic rings. The maximum Gasteiger partial charge on any atom is 0.481 e. The lowest BCUT2D eigenvalue weighted by molar-refractivity contribution is -0.137. The van der Waals surface area contributed by atoms with Gasteiger partial charge in [0.15, 0.2) is 22.8 Å². The summed E-state index contributed by atoms with van der Waals surface area (Å²) in [5.41, 5.74) is 4.29. The molecule has 0 radical (unpaired) electrons. The highest BCUT2D eigenvalue weighted by atomic mass is 32.2. The van der Waals surface area contributed by atoms with Crippen molar-refractivity contribution >= 4 is 69.1 Å². The van der Waals surface area contributed by atoms with E-state index >= 15 is 0 Å². The zero-order valence-corrected chi connectivity index (χ0v) is 44.0. The number of nitrogens with one attached hydrogen (secondary N) is 2. The van der Waals surface area contributed by atoms with Crippen molar-refractivity contribution in [3.8, 4) is 0 Å². The first-order valence-electron chi connectivity index (χ1n) is 24.1. The molecule has 70 heavy (non-hydrogen) atoms. The maximum absolute atomic E-state index is 12.8. The molecule has 28 heteroatoms. The van der Waals surface area contributed by atoms with E-state index in [0.29, 0.717) is 12.2 Å². The smallest absolute Gasteiger partial charge is 0.386 e. The molecule has 7 atom stereocenters. The van der Waals surface area contributed by atoms with Crippen molar-refractivity contribution in [2.45, 2.75) is 180 Å². The summed E-state index contributed by atoms with van der Waals surface area (Å²) in [6, 6.07) is 0. The van der Waals surface area contributed by atoms with Gasteiger partial charge in [-0.15, -0.1) is 0 Å². The number of hydrogen-bond donors (Lipinski definition) is 9. The van der Waals surface area contributed by atoms with Gasteiger partial charge < -0.3 is 50.9 Å². The van der Waals surface area contributed by atoms with E-state index < -0.39 is 84.6 Å². The highest BCUT2D eigenvalue weighted by molar-refractivity contribution is 8.13. The fourth-order valence-electron chi connectivity index (χ4n) is 7.54. The van der Waals surface area contributed by atoms with E-state index in [4.69, 9.17) is 19.5 Å². The molecular formula is C42H76N7O17P3S. The van der Waals surface area contributed by atoms with Crippen molar-refractivity contribution in [3.63, 3.8) is 0 Å². The number of rotatable bonds is 38. The summed E-state index contributed by atoms with van der Waals surface area (Å²) in [4.78, 5) is 88.5. The van der Waals surface area contributed by atoms with Crippen LogP contribution in [0.5, 0.6) is 0 Å². The number of aromatic nitrogens is 4. The number of carbonyl (C=O) groups is 3. The van der Waals surface area contributed by atoms with Crippen LogP contribution in [0.2, 0.25) is 0 Å². The molecule has 0 aliphatic carbocycles. The van der Waals surface area contributed by atoms with Crippen LogP contribution in [-0.4, -0.2) is 123 Å². The Balaban J connectivity index is 1.26. The Bertz CT molecular complexity index is 2050. The van der Waals surface area contributed by atoms with E-state index in [1.165, 1.54) is 110 Å². The van der Waals surface area contributed by atoms with Crippen LogP contribution in [0.1, 0.15) is 155 Å². The summed E-state index contributed by atoms with van der Waals surface area (Å²) >= 11 is 1.16. The molecule has 3 heterocycles. The number of phosphoric ester groups is 3. The Morgan fingerprint density at radius 2 is 1.37 bits per heavy atom. The standard InChI is InChI=1S/C42H76N7O17P3S/c1-4-5-6-7-8-9-10-11-12-13-14-15-16-17-18-19-20-21-22-33(51)70-26-25-44-32(50)23-24-45-40(54)37(53)42(2,3)28-63-69(60,61)66-68(58,59)62-27-31-36(65-67(55,56)57)35(52)41(64-31)49-30-48-34-38(43)46-29-47-39(34)49/h29-31,35-37,41,52-53H,4-28H2,1-3H3,(H,44,50)(H,45,54)(H,58,59)(H,60,61)(H2,43,46,47)(H2,55,56,57)/t31-,35?,36+,37+,41-/m1/s1. The minimum atomic E-state index is -5.58. The van der Waals surface area contributed by atoms with Gasteiger partial charge in [-0.3, -0.25) is 32.5 Å². The number of thioether (sulfide) groups is 1. The largest absolute Gasteiger partial charge is 0.481 e. The Morgan fingerprint density at radius 3 is 1.94 bits per heavy atom. The summed E-state index contributed by atoms with van der Waals surface area (Å²) < 4.78 is 62.5. The molecule has 3 unspecified atom stereocenters. The van der Waals surface area contributed by atoms with Gasteiger partial charge in [-0.1, -0.05) is 142 Å². The molecule has 10 N–H and O–H groups in total. The minimum absolute atomic E-state index is 0.0343. The third-order valence-corrected chi connectivity index (χ3v) is 15.5. The number of aliphatic hydroxyl groups excluding tert-OH is 2. The van der Waals surface area contributed by atoms with Gasteiger partial charge in [0, 0.05) is 37.1 Å². The molecule has 0 spiro atoms. The second-order valence-corrected chi connectivity index (χ2v) is 23.4. The van der Waals surface area contributed by atoms with Crippen molar-refractivity contribution in [2.75, 3.05) is 37.8 Å². The Morgan fingerprint density at radius 1 is 0.814 bits per heavy atom. The third-order valence-electron chi connectivity index (χ3n) is 11.5. The van der Waals surface area contributed by atoms with E-state index in [1.54, 1.807) is 0 Å². The van der Waals surface area contributed by atoms with Crippen LogP contribution >= 0.6 is 35.2 Å². The van der Waals surface area contributed by atoms with E-state index in [9.17, 15) is 57.9 Å². The molecule has 2 amide bonds. The first kappa shape index (κ1) is 61.9. The molecule has 1 saturated heterocycles. The van der Waals surface area contributed by atoms with Crippen molar-refractivity contribution in [2.24, 2.45) is 5.41 Å². The number of phosphoric acid groups is 3. The number of aliphatic hydroxyl groups is 2. The molecule has 1 aliphatic heterocycles. The van der Waals surface area contributed by atoms with Crippen LogP contribution < -0.4 is 16.4 Å². The first-order chi connectivity index (χ1) is 33.1. The number of ether oxygens (including phenoxy) is 1. The number of nitrogen functional groups attached to an aromatic ring is 1. The van der Waals surface area contributed by atoms with E-state index in [-0.39, 0.29) is 41.6 Å². The van der Waals surface area contributed by atoms with Crippen LogP contribution in [0, 0.1) is 5.41 Å². The van der Waals surface area contributed by atoms with Gasteiger partial charge in [0.25, 0.3) is 0 Å². The average molecular weight is 1080 g/mol. The molecule has 1 fully saturated rings. The summed E-state index contributed by atoms with van der Waals surface area (Å²) in [5, 5.41) is 26.7. The number of fused-ring (bicyclic) bond motifs is 1. The van der Waals surface area contributed by atoms with E-state index in [1.807, 2.05) is 0 Å². The van der Waals surface area contributed by atoms with Crippen LogP contribution in [-0.2, 0) is 50.7 Å². The Hall–Kier alpha value is -2.44. The van der Waals surface area contributed by atoms with Gasteiger partial charge in [-0.2, -0.15) is 4.31 Å². The summed E-state index contributed by atoms with van der Waals surface area (Å²) in [6.45, 7) is 2.84. The molecule has 402 valence electrons. The fourth-order valence-corrected chi connectivity index (χ4v) is 11.1. The van der Waals surface area contributed by atoms with Gasteiger partial charge >= 0.3 is 23.5 Å². The number of imidazole rings is 1. The summed E-state index contributed by atoms with van der Waals surface area (Å²) in [6.07, 6.45) is 16.6. The molecule has 0 aromatic carbocycles. The number of carbonyl (C=O) groups excluding carboxylic acids is 3. The third kappa shape index (κ3) is 23.6. The maximum atomic E-state index is 12.8. The molecule has 2 aromatic heterocycles. The van der Waals surface area contributed by atoms with Crippen LogP contribution in [0.15, 0.2) is 12.7 Å².